The molecule has 36 heavy (non-hydrogen) atoms. The number of carbonyl (C=O) groups is 1. The number of hydrogen-bond acceptors (Lipinski definition) is 7. The number of fused-ring (bicyclic) bond motifs is 1. The molecule has 0 aliphatic carbocycles. The molecular weight excluding hydrogens is 466 g/mol. The molecule has 2 aromatic carbocycles. The second-order valence-corrected chi connectivity index (χ2v) is 9.79. The van der Waals surface area contributed by atoms with E-state index in [9.17, 15) is 4.79 Å². The van der Waals surface area contributed by atoms with Gasteiger partial charge in [-0.2, -0.15) is 0 Å². The molecule has 182 valence electrons. The van der Waals surface area contributed by atoms with E-state index in [2.05, 4.69) is 57.0 Å². The first-order valence-electron chi connectivity index (χ1n) is 11.9. The van der Waals surface area contributed by atoms with E-state index in [-0.39, 0.29) is 20.5 Å². The molecule has 1 saturated heterocycles. The highest BCUT2D eigenvalue weighted by atomic mass is 32.1. The first-order valence-corrected chi connectivity index (χ1v) is 12.8. The number of nitrogens with zero attached hydrogens (tertiary/aromatic N) is 3. The molecule has 6 nitrogen and oxygen atoms in total. The number of aromatic nitrogens is 2. The summed E-state index contributed by atoms with van der Waals surface area (Å²) in [4.78, 5) is 24.9. The summed E-state index contributed by atoms with van der Waals surface area (Å²) in [5, 5.41) is 6.81. The number of nitrogens with two attached hydrogens (primary N) is 1. The Labute approximate surface area is 216 Å². The van der Waals surface area contributed by atoms with E-state index in [0.29, 0.717) is 11.3 Å². The minimum atomic E-state index is -0.224. The predicted molar refractivity (Wildman–Crippen MR) is 151 cm³/mol. The maximum atomic E-state index is 13.6. The van der Waals surface area contributed by atoms with Gasteiger partial charge < -0.3 is 16.0 Å². The van der Waals surface area contributed by atoms with Gasteiger partial charge in [0.2, 0.25) is 5.78 Å². The number of anilines is 2. The van der Waals surface area contributed by atoms with Crippen LogP contribution in [0.4, 0.5) is 11.6 Å². The van der Waals surface area contributed by atoms with E-state index in [4.69, 9.17) is 10.7 Å². The Balaban J connectivity index is 0.00000168. The van der Waals surface area contributed by atoms with Crippen molar-refractivity contribution in [2.24, 2.45) is 0 Å². The summed E-state index contributed by atoms with van der Waals surface area (Å²) >= 11 is 1.67. The number of rotatable bonds is 5. The number of nitrogen functional groups attached to an aromatic ring is 1. The van der Waals surface area contributed by atoms with E-state index in [0.717, 1.165) is 42.0 Å². The normalized spacial score (nSPS) is 15.8. The lowest BCUT2D eigenvalue weighted by Gasteiger charge is -2.35. The topological polar surface area (TPSA) is 84.1 Å². The number of nitrogens with one attached hydrogen (secondary N) is 1. The second kappa shape index (κ2) is 9.53. The molecule has 0 radical (unpaired) electrons. The lowest BCUT2D eigenvalue weighted by molar-refractivity contribution is 0.103. The highest BCUT2D eigenvalue weighted by molar-refractivity contribution is 7.17. The van der Waals surface area contributed by atoms with Crippen LogP contribution in [0.15, 0.2) is 90.4 Å². The SMILES string of the molecule is Nc1ncc(-c2csc3ccccc23)cc1C(=O)c1cccc(N2CCNC(c3ccccc3)C2)n1.[HH].[HH]. The smallest absolute Gasteiger partial charge is 0.215 e. The zero-order valence-electron chi connectivity index (χ0n) is 19.6. The van der Waals surface area contributed by atoms with E-state index in [1.54, 1.807) is 23.6 Å². The molecule has 1 aliphatic rings. The predicted octanol–water partition coefficient (Wildman–Crippen LogP) is 5.81. The quantitative estimate of drug-likeness (QED) is 0.299. The third kappa shape index (κ3) is 4.23. The number of pyridine rings is 2. The highest BCUT2D eigenvalue weighted by Gasteiger charge is 2.23. The lowest BCUT2D eigenvalue weighted by Crippen LogP contribution is -2.46. The molecule has 7 heteroatoms. The van der Waals surface area contributed by atoms with Crippen molar-refractivity contribution in [1.82, 2.24) is 15.3 Å². The van der Waals surface area contributed by atoms with Crippen LogP contribution in [0.2, 0.25) is 0 Å². The number of carbonyl (C=O) groups excluding carboxylic acids is 1. The van der Waals surface area contributed by atoms with E-state index in [1.165, 1.54) is 10.3 Å². The Morgan fingerprint density at radius 2 is 1.89 bits per heavy atom. The molecule has 1 unspecified atom stereocenters. The van der Waals surface area contributed by atoms with Gasteiger partial charge in [0.15, 0.2) is 0 Å². The van der Waals surface area contributed by atoms with Gasteiger partial charge in [0, 0.05) is 55.9 Å². The molecule has 3 aromatic heterocycles. The minimum absolute atomic E-state index is 0. The number of thiophene rings is 1. The fourth-order valence-electron chi connectivity index (χ4n) is 4.74. The van der Waals surface area contributed by atoms with Crippen LogP contribution in [0.1, 0.15) is 30.5 Å². The minimum Gasteiger partial charge on any atom is -0.383 e. The van der Waals surface area contributed by atoms with E-state index >= 15 is 0 Å². The van der Waals surface area contributed by atoms with Gasteiger partial charge in [-0.25, -0.2) is 9.97 Å². The average molecular weight is 496 g/mol. The third-order valence-electron chi connectivity index (χ3n) is 6.62. The summed E-state index contributed by atoms with van der Waals surface area (Å²) < 4.78 is 1.19. The lowest BCUT2D eigenvalue weighted by atomic mass is 10.0. The second-order valence-electron chi connectivity index (χ2n) is 8.88. The van der Waals surface area contributed by atoms with Crippen LogP contribution in [0.5, 0.6) is 0 Å². The average Bonchev–Trinajstić information content (AvgIpc) is 3.38. The summed E-state index contributed by atoms with van der Waals surface area (Å²) in [5.74, 6) is 0.773. The molecule has 1 aliphatic heterocycles. The van der Waals surface area contributed by atoms with Crippen molar-refractivity contribution in [3.8, 4) is 11.1 Å². The largest absolute Gasteiger partial charge is 0.383 e. The number of piperazine rings is 1. The molecular formula is C29H29N5OS. The van der Waals surface area contributed by atoms with Crippen LogP contribution < -0.4 is 16.0 Å². The fraction of sp³-hybridized carbons (Fsp3) is 0.138. The van der Waals surface area contributed by atoms with Crippen LogP contribution in [0.3, 0.4) is 0 Å². The van der Waals surface area contributed by atoms with Gasteiger partial charge >= 0.3 is 0 Å². The fourth-order valence-corrected chi connectivity index (χ4v) is 5.71. The van der Waals surface area contributed by atoms with Crippen molar-refractivity contribution >= 4 is 38.8 Å². The van der Waals surface area contributed by atoms with Crippen molar-refractivity contribution in [2.75, 3.05) is 30.3 Å². The molecule has 0 spiro atoms. The summed E-state index contributed by atoms with van der Waals surface area (Å²) in [6.07, 6.45) is 1.73. The summed E-state index contributed by atoms with van der Waals surface area (Å²) in [5.41, 5.74) is 10.1. The third-order valence-corrected chi connectivity index (χ3v) is 7.59. The van der Waals surface area contributed by atoms with E-state index in [1.807, 2.05) is 36.4 Å². The molecule has 4 heterocycles. The van der Waals surface area contributed by atoms with Crippen LogP contribution in [-0.2, 0) is 0 Å². The van der Waals surface area contributed by atoms with Gasteiger partial charge in [-0.3, -0.25) is 4.79 Å². The monoisotopic (exact) mass is 495 g/mol. The molecule has 1 atom stereocenters. The maximum absolute atomic E-state index is 13.6. The Morgan fingerprint density at radius 3 is 2.78 bits per heavy atom. The van der Waals surface area contributed by atoms with Crippen molar-refractivity contribution < 1.29 is 7.65 Å². The Hall–Kier alpha value is -4.07. The van der Waals surface area contributed by atoms with Crippen molar-refractivity contribution in [3.05, 3.63) is 107 Å². The first-order chi connectivity index (χ1) is 17.7. The van der Waals surface area contributed by atoms with Gasteiger partial charge in [0.1, 0.15) is 17.3 Å². The van der Waals surface area contributed by atoms with Crippen LogP contribution in [0, 0.1) is 0 Å². The zero-order valence-corrected chi connectivity index (χ0v) is 20.4. The first kappa shape index (κ1) is 22.4. The molecule has 5 aromatic rings. The van der Waals surface area contributed by atoms with Crippen molar-refractivity contribution in [1.29, 1.82) is 0 Å². The van der Waals surface area contributed by atoms with E-state index < -0.39 is 0 Å². The highest BCUT2D eigenvalue weighted by Crippen LogP contribution is 2.34. The van der Waals surface area contributed by atoms with Crippen LogP contribution in [0.25, 0.3) is 21.2 Å². The Kier molecular flexibility index (Phi) is 5.93. The molecule has 0 saturated carbocycles. The van der Waals surface area contributed by atoms with Gasteiger partial charge in [-0.05, 0) is 35.2 Å². The van der Waals surface area contributed by atoms with Gasteiger partial charge in [-0.15, -0.1) is 11.3 Å². The van der Waals surface area contributed by atoms with Crippen LogP contribution >= 0.6 is 11.3 Å². The maximum Gasteiger partial charge on any atom is 0.215 e. The van der Waals surface area contributed by atoms with Crippen molar-refractivity contribution in [2.45, 2.75) is 6.04 Å². The Morgan fingerprint density at radius 1 is 1.06 bits per heavy atom. The van der Waals surface area contributed by atoms with Gasteiger partial charge in [0.05, 0.1) is 5.56 Å². The molecule has 1 fully saturated rings. The van der Waals surface area contributed by atoms with Crippen molar-refractivity contribution in [3.63, 3.8) is 0 Å². The summed E-state index contributed by atoms with van der Waals surface area (Å²) in [7, 11) is 0. The number of ketones is 1. The standard InChI is InChI=1S/C29H25N5OS.2H2/c30-29-22(15-20(16-32-29)23-18-36-26-11-5-4-9-21(23)26)28(35)24-10-6-12-27(33-24)34-14-13-31-25(17-34)19-7-2-1-3-8-19;;/h1-12,15-16,18,25,31H,13-14,17H2,(H2,30,32);2*1H. The molecule has 0 amide bonds. The van der Waals surface area contributed by atoms with Crippen LogP contribution in [-0.4, -0.2) is 35.4 Å². The Bertz CT molecular complexity index is 1560. The summed E-state index contributed by atoms with van der Waals surface area (Å²) in [6, 6.07) is 26.2. The van der Waals surface area contributed by atoms with Gasteiger partial charge in [-0.1, -0.05) is 54.6 Å². The number of hydrogen-bond donors (Lipinski definition) is 2. The molecule has 0 bridgehead atoms. The van der Waals surface area contributed by atoms with Gasteiger partial charge in [0.25, 0.3) is 0 Å². The molecule has 3 N–H and O–H groups in total. The summed E-state index contributed by atoms with van der Waals surface area (Å²) in [6.45, 7) is 2.43. The zero-order chi connectivity index (χ0) is 24.5. The number of benzene rings is 2. The molecule has 6 rings (SSSR count).